The minimum Gasteiger partial charge on any atom is -0.452 e. The monoisotopic (exact) mass is 1520 g/mol. The van der Waals surface area contributed by atoms with E-state index in [2.05, 4.69) is 0 Å². The van der Waals surface area contributed by atoms with Gasteiger partial charge in [-0.05, 0) is 109 Å². The molecule has 15 atom stereocenters. The Morgan fingerprint density at radius 1 is 0.259 bits per heavy atom. The molecular weight excluding hydrogens is 1440 g/mol. The fraction of sp³-hybridized carbons (Fsp3) is 0.247. The van der Waals surface area contributed by atoms with Crippen LogP contribution in [0.1, 0.15) is 94.8 Å². The summed E-state index contributed by atoms with van der Waals surface area (Å²) in [4.78, 5) is 103. The number of benzene rings is 10. The number of aliphatic hydroxyl groups is 1. The van der Waals surface area contributed by atoms with Gasteiger partial charge in [0.15, 0.2) is 61.6 Å². The van der Waals surface area contributed by atoms with Crippen LogP contribution in [0, 0.1) is 6.92 Å². The standard InChI is InChI=1S/C89H80O23/c1-57-47-49-67(50-48-57)86(96)111-78-74(100-53-60-33-15-4-16-34-60)71(99-52-59-31-13-3-14-32-59)68(54-98-51-58-29-11-2-12-30-58)104-88(78)102-56-70-73(107-81(91)62-37-19-6-20-38-62)76(109-83(93)64-41-23-8-24-42-64)79(112-85(95)66-45-27-10-28-46-66)89(105-70)101-55-69-72(106-80(90)61-35-17-5-18-36-61)75(108-82(92)63-39-21-7-22-40-63)77(87(97)103-69)110-84(94)65-43-25-9-26-44-65/h2-50,68-79,87-89,97H,51-56H2,1H3/t68-,69-,70-,71-,72-,73-,74+,75+,76+,77-,78-,79-,87+,88-,89-/m1/s1. The lowest BCUT2D eigenvalue weighted by Gasteiger charge is -2.47. The van der Waals surface area contributed by atoms with Crippen LogP contribution in [0.5, 0.6) is 0 Å². The summed E-state index contributed by atoms with van der Waals surface area (Å²) in [7, 11) is 0. The Balaban J connectivity index is 0.923. The molecule has 3 aliphatic heterocycles. The van der Waals surface area contributed by atoms with Crippen molar-refractivity contribution in [2.24, 2.45) is 0 Å². The number of carbonyl (C=O) groups is 7. The molecule has 0 radical (unpaired) electrons. The first kappa shape index (κ1) is 78.3. The fourth-order valence-corrected chi connectivity index (χ4v) is 12.9. The van der Waals surface area contributed by atoms with Gasteiger partial charge in [0.25, 0.3) is 0 Å². The third-order valence-electron chi connectivity index (χ3n) is 18.7. The minimum atomic E-state index is -2.19. The number of carbonyl (C=O) groups excluding carboxylic acids is 7. The lowest BCUT2D eigenvalue weighted by molar-refractivity contribution is -0.343. The van der Waals surface area contributed by atoms with E-state index in [0.717, 1.165) is 22.3 Å². The van der Waals surface area contributed by atoms with Crippen molar-refractivity contribution in [1.82, 2.24) is 0 Å². The number of aliphatic hydroxyl groups excluding tert-OH is 1. The Hall–Kier alpha value is -11.9. The molecular formula is C89H80O23. The van der Waals surface area contributed by atoms with Gasteiger partial charge in [-0.1, -0.05) is 218 Å². The van der Waals surface area contributed by atoms with Crippen molar-refractivity contribution in [3.63, 3.8) is 0 Å². The molecule has 0 spiro atoms. The Morgan fingerprint density at radius 2 is 0.518 bits per heavy atom. The summed E-state index contributed by atoms with van der Waals surface area (Å²) < 4.78 is 99.2. The maximum absolute atomic E-state index is 15.0. The zero-order valence-electron chi connectivity index (χ0n) is 60.6. The average Bonchev–Trinajstić information content (AvgIpc) is 0.771. The van der Waals surface area contributed by atoms with Gasteiger partial charge in [0.2, 0.25) is 0 Å². The van der Waals surface area contributed by atoms with Crippen LogP contribution in [-0.4, -0.2) is 159 Å². The zero-order chi connectivity index (χ0) is 77.6. The maximum atomic E-state index is 15.0. The molecule has 1 N–H and O–H groups in total. The molecule has 3 saturated heterocycles. The summed E-state index contributed by atoms with van der Waals surface area (Å²) in [5.74, 6) is -6.84. The van der Waals surface area contributed by atoms with Crippen LogP contribution in [0.3, 0.4) is 0 Å². The van der Waals surface area contributed by atoms with E-state index in [0.29, 0.717) is 0 Å². The van der Waals surface area contributed by atoms with Gasteiger partial charge >= 0.3 is 41.8 Å². The lowest BCUT2D eigenvalue weighted by Crippen LogP contribution is -2.65. The third-order valence-corrected chi connectivity index (χ3v) is 18.7. The predicted octanol–water partition coefficient (Wildman–Crippen LogP) is 12.5. The lowest BCUT2D eigenvalue weighted by atomic mass is 9.96. The highest BCUT2D eigenvalue weighted by Crippen LogP contribution is 2.38. The van der Waals surface area contributed by atoms with E-state index in [1.165, 1.54) is 72.8 Å². The Kier molecular flexibility index (Phi) is 27.0. The van der Waals surface area contributed by atoms with Gasteiger partial charge < -0.3 is 76.2 Å². The first-order valence-corrected chi connectivity index (χ1v) is 36.4. The molecule has 112 heavy (non-hydrogen) atoms. The van der Waals surface area contributed by atoms with Crippen molar-refractivity contribution in [2.45, 2.75) is 119 Å². The molecule has 10 aromatic carbocycles. The van der Waals surface area contributed by atoms with E-state index in [4.69, 9.17) is 71.1 Å². The van der Waals surface area contributed by atoms with Gasteiger partial charge in [-0.3, -0.25) is 0 Å². The van der Waals surface area contributed by atoms with Crippen molar-refractivity contribution in [3.8, 4) is 0 Å². The van der Waals surface area contributed by atoms with E-state index < -0.39 is 147 Å². The first-order chi connectivity index (χ1) is 54.8. The van der Waals surface area contributed by atoms with E-state index in [1.807, 2.05) is 97.9 Å². The second-order valence-electron chi connectivity index (χ2n) is 26.5. The normalized spacial score (nSPS) is 23.4. The fourth-order valence-electron chi connectivity index (χ4n) is 12.9. The Labute approximate surface area is 645 Å². The van der Waals surface area contributed by atoms with Crippen LogP contribution in [0.2, 0.25) is 0 Å². The highest BCUT2D eigenvalue weighted by molar-refractivity contribution is 5.93. The molecule has 0 unspecified atom stereocenters. The summed E-state index contributed by atoms with van der Waals surface area (Å²) in [6.07, 6.45) is -26.0. The van der Waals surface area contributed by atoms with Crippen molar-refractivity contribution in [1.29, 1.82) is 0 Å². The minimum absolute atomic E-state index is 0.00763. The molecule has 10 aromatic rings. The highest BCUT2D eigenvalue weighted by Gasteiger charge is 2.58. The number of aryl methyl sites for hydroxylation is 1. The van der Waals surface area contributed by atoms with E-state index in [9.17, 15) is 33.9 Å². The van der Waals surface area contributed by atoms with Crippen molar-refractivity contribution < 1.29 is 110 Å². The molecule has 23 nitrogen and oxygen atoms in total. The summed E-state index contributed by atoms with van der Waals surface area (Å²) in [5.41, 5.74) is 3.41. The van der Waals surface area contributed by atoms with Crippen LogP contribution >= 0.6 is 0 Å². The average molecular weight is 1520 g/mol. The van der Waals surface area contributed by atoms with Crippen molar-refractivity contribution >= 4 is 41.8 Å². The third kappa shape index (κ3) is 20.6. The van der Waals surface area contributed by atoms with Crippen LogP contribution in [0.25, 0.3) is 0 Å². The second-order valence-corrected chi connectivity index (χ2v) is 26.5. The van der Waals surface area contributed by atoms with E-state index in [1.54, 1.807) is 133 Å². The molecule has 0 amide bonds. The number of ether oxygens (including phenoxy) is 15. The number of hydrogen-bond acceptors (Lipinski definition) is 23. The quantitative estimate of drug-likeness (QED) is 0.0323. The van der Waals surface area contributed by atoms with Crippen LogP contribution < -0.4 is 0 Å². The summed E-state index contributed by atoms with van der Waals surface area (Å²) in [6.45, 7) is 0.134. The van der Waals surface area contributed by atoms with Gasteiger partial charge in [-0.2, -0.15) is 0 Å². The molecule has 3 heterocycles. The summed E-state index contributed by atoms with van der Waals surface area (Å²) in [5, 5.41) is 12.3. The van der Waals surface area contributed by atoms with Crippen LogP contribution in [0.15, 0.2) is 297 Å². The number of hydrogen-bond donors (Lipinski definition) is 1. The van der Waals surface area contributed by atoms with Gasteiger partial charge in [0, 0.05) is 0 Å². The molecule has 3 fully saturated rings. The largest absolute Gasteiger partial charge is 0.452 e. The van der Waals surface area contributed by atoms with Gasteiger partial charge in [-0.25, -0.2) is 33.6 Å². The molecule has 0 bridgehead atoms. The maximum Gasteiger partial charge on any atom is 0.338 e. The predicted molar refractivity (Wildman–Crippen MR) is 400 cm³/mol. The molecule has 0 aromatic heterocycles. The van der Waals surface area contributed by atoms with E-state index >= 15 is 4.79 Å². The smallest absolute Gasteiger partial charge is 0.338 e. The van der Waals surface area contributed by atoms with Crippen molar-refractivity contribution in [2.75, 3.05) is 19.8 Å². The number of esters is 7. The first-order valence-electron chi connectivity index (χ1n) is 36.4. The van der Waals surface area contributed by atoms with Gasteiger partial charge in [0.1, 0.15) is 30.5 Å². The highest BCUT2D eigenvalue weighted by atomic mass is 16.8. The van der Waals surface area contributed by atoms with E-state index in [-0.39, 0.29) is 65.4 Å². The van der Waals surface area contributed by atoms with Crippen LogP contribution in [0.4, 0.5) is 0 Å². The molecule has 13 rings (SSSR count). The molecule has 0 aliphatic carbocycles. The Bertz CT molecular complexity index is 4670. The van der Waals surface area contributed by atoms with Crippen molar-refractivity contribution in [3.05, 3.63) is 358 Å². The van der Waals surface area contributed by atoms with Gasteiger partial charge in [-0.15, -0.1) is 0 Å². The van der Waals surface area contributed by atoms with Crippen LogP contribution in [-0.2, 0) is 90.9 Å². The SMILES string of the molecule is Cc1ccc(C(=O)O[C@H]2[C@H](OC[C@H]3O[C@@H](OC[C@H]4O[C@H](O)[C@H](OC(=O)c5ccccc5)[C@@H](OC(=O)c5ccccc5)[C@@H]4OC(=O)c4ccccc4)[C@H](OC(=O)c4ccccc4)[C@@H](OC(=O)c4ccccc4)[C@@H]3OC(=O)c3ccccc3)O[C@H](COCc3ccccc3)[C@@H](OCc3ccccc3)[C@@H]2OCc2ccccc2)cc1. The summed E-state index contributed by atoms with van der Waals surface area (Å²) in [6, 6.07) is 81.3. The summed E-state index contributed by atoms with van der Waals surface area (Å²) >= 11 is 0. The number of rotatable bonds is 30. The molecule has 23 heteroatoms. The molecule has 574 valence electrons. The second kappa shape index (κ2) is 38.7. The van der Waals surface area contributed by atoms with Gasteiger partial charge in [0.05, 0.1) is 78.6 Å². The molecule has 0 saturated carbocycles. The molecule has 3 aliphatic rings. The zero-order valence-corrected chi connectivity index (χ0v) is 60.6. The topological polar surface area (TPSA) is 278 Å². The Morgan fingerprint density at radius 3 is 0.875 bits per heavy atom.